The molecule has 1 atom stereocenters. The van der Waals surface area contributed by atoms with Crippen LogP contribution in [0.4, 0.5) is 22.4 Å². The summed E-state index contributed by atoms with van der Waals surface area (Å²) in [7, 11) is 0. The van der Waals surface area contributed by atoms with Crippen molar-refractivity contribution in [1.29, 1.82) is 5.26 Å². The number of nitrogen functional groups attached to an aromatic ring is 2. The van der Waals surface area contributed by atoms with Gasteiger partial charge in [0.05, 0.1) is 35.1 Å². The third-order valence-corrected chi connectivity index (χ3v) is 6.75. The third kappa shape index (κ3) is 6.54. The van der Waals surface area contributed by atoms with Gasteiger partial charge in [0.15, 0.2) is 11.6 Å². The third-order valence-electron chi connectivity index (χ3n) is 6.44. The Labute approximate surface area is 243 Å². The first kappa shape index (κ1) is 29.7. The Kier molecular flexibility index (Phi) is 8.44. The van der Waals surface area contributed by atoms with Crippen LogP contribution in [0.1, 0.15) is 58.5 Å². The highest BCUT2D eigenvalue weighted by Gasteiger charge is 2.31. The van der Waals surface area contributed by atoms with Crippen LogP contribution in [0.3, 0.4) is 0 Å². The molecule has 13 nitrogen and oxygen atoms in total. The number of hydrogen-bond acceptors (Lipinski definition) is 11. The summed E-state index contributed by atoms with van der Waals surface area (Å²) in [6.45, 7) is 10.9. The molecule has 1 saturated heterocycles. The predicted molar refractivity (Wildman–Crippen MR) is 158 cm³/mol. The van der Waals surface area contributed by atoms with Crippen LogP contribution in [0.15, 0.2) is 23.0 Å². The van der Waals surface area contributed by atoms with E-state index in [2.05, 4.69) is 15.3 Å². The number of benzene rings is 1. The van der Waals surface area contributed by atoms with Gasteiger partial charge in [0.25, 0.3) is 5.56 Å². The van der Waals surface area contributed by atoms with E-state index in [-0.39, 0.29) is 45.0 Å². The van der Waals surface area contributed by atoms with E-state index in [1.54, 1.807) is 23.1 Å². The molecule has 1 aromatic carbocycles. The zero-order chi connectivity index (χ0) is 30.1. The number of halogens is 1. The van der Waals surface area contributed by atoms with Crippen LogP contribution in [0.25, 0.3) is 10.9 Å². The number of nitrogens with two attached hydrogens (primary N) is 2. The summed E-state index contributed by atoms with van der Waals surface area (Å²) in [6, 6.07) is 6.54. The maximum Gasteiger partial charge on any atom is 0.410 e. The van der Waals surface area contributed by atoms with Crippen molar-refractivity contribution >= 4 is 46.2 Å². The van der Waals surface area contributed by atoms with Crippen molar-refractivity contribution in [2.24, 2.45) is 5.92 Å². The van der Waals surface area contributed by atoms with Gasteiger partial charge < -0.3 is 31.4 Å². The first-order valence-electron chi connectivity index (χ1n) is 13.3. The number of carbonyl (C=O) groups is 1. The Morgan fingerprint density at radius 1 is 1.17 bits per heavy atom. The first-order chi connectivity index (χ1) is 19.3. The molecule has 1 aliphatic heterocycles. The minimum absolute atomic E-state index is 0.0386. The van der Waals surface area contributed by atoms with Crippen molar-refractivity contribution in [1.82, 2.24) is 24.5 Å². The van der Waals surface area contributed by atoms with Gasteiger partial charge in [-0.05, 0) is 45.2 Å². The number of amides is 1. The summed E-state index contributed by atoms with van der Waals surface area (Å²) < 4.78 is 7.04. The van der Waals surface area contributed by atoms with E-state index in [4.69, 9.17) is 32.8 Å². The zero-order valence-corrected chi connectivity index (χ0v) is 24.6. The van der Waals surface area contributed by atoms with Gasteiger partial charge in [0.2, 0.25) is 5.95 Å². The molecule has 4 rings (SSSR count). The topological polar surface area (TPSA) is 181 Å². The minimum atomic E-state index is -0.622. The van der Waals surface area contributed by atoms with Crippen LogP contribution in [-0.4, -0.2) is 62.4 Å². The van der Waals surface area contributed by atoms with Crippen LogP contribution >= 0.6 is 11.6 Å². The Bertz CT molecular complexity index is 1550. The zero-order valence-electron chi connectivity index (χ0n) is 23.8. The second-order valence-electron chi connectivity index (χ2n) is 11.3. The molecule has 1 aliphatic rings. The molecule has 0 bridgehead atoms. The molecule has 5 N–H and O–H groups in total. The van der Waals surface area contributed by atoms with E-state index in [1.165, 1.54) is 4.68 Å². The highest BCUT2D eigenvalue weighted by atomic mass is 35.5. The monoisotopic (exact) mass is 582 g/mol. The summed E-state index contributed by atoms with van der Waals surface area (Å²) in [4.78, 5) is 41.4. The lowest BCUT2D eigenvalue weighted by molar-refractivity contribution is 0.0231. The average molecular weight is 583 g/mol. The van der Waals surface area contributed by atoms with Gasteiger partial charge in [-0.15, -0.1) is 0 Å². The Morgan fingerprint density at radius 2 is 1.85 bits per heavy atom. The number of carbonyl (C=O) groups excluding carboxylic acids is 1. The molecule has 1 amide bonds. The highest BCUT2D eigenvalue weighted by Crippen LogP contribution is 2.29. The number of nitrogens with zero attached hydrogens (tertiary/aromatic N) is 7. The van der Waals surface area contributed by atoms with Crippen molar-refractivity contribution in [3.8, 4) is 6.07 Å². The molecule has 1 fully saturated rings. The fraction of sp³-hybridized carbons (Fsp3) is 0.481. The van der Waals surface area contributed by atoms with E-state index < -0.39 is 17.7 Å². The summed E-state index contributed by atoms with van der Waals surface area (Å²) in [6.07, 6.45) is 0.108. The maximum atomic E-state index is 14.1. The van der Waals surface area contributed by atoms with Crippen molar-refractivity contribution in [2.45, 2.75) is 52.7 Å². The summed E-state index contributed by atoms with van der Waals surface area (Å²) in [5.74, 6) is 0.536. The quantitative estimate of drug-likeness (QED) is 0.388. The van der Waals surface area contributed by atoms with Gasteiger partial charge in [0.1, 0.15) is 23.1 Å². The number of ether oxygens (including phenoxy) is 1. The summed E-state index contributed by atoms with van der Waals surface area (Å²) in [5.41, 5.74) is 11.3. The van der Waals surface area contributed by atoms with Gasteiger partial charge in [-0.25, -0.2) is 14.5 Å². The number of nitriles is 1. The molecule has 14 heteroatoms. The van der Waals surface area contributed by atoms with Crippen molar-refractivity contribution < 1.29 is 9.53 Å². The Morgan fingerprint density at radius 3 is 2.46 bits per heavy atom. The number of anilines is 3. The number of aromatic nitrogens is 4. The van der Waals surface area contributed by atoms with Crippen LogP contribution in [0.2, 0.25) is 5.02 Å². The second kappa shape index (κ2) is 11.7. The molecule has 218 valence electrons. The van der Waals surface area contributed by atoms with Gasteiger partial charge in [-0.2, -0.15) is 15.2 Å². The average Bonchev–Trinajstić information content (AvgIpc) is 2.87. The molecule has 0 spiro atoms. The number of rotatable bonds is 6. The molecule has 0 unspecified atom stereocenters. The normalized spacial score (nSPS) is 14.7. The molecular formula is C27H35ClN10O3. The van der Waals surface area contributed by atoms with Gasteiger partial charge in [0, 0.05) is 13.1 Å². The molecule has 41 heavy (non-hydrogen) atoms. The van der Waals surface area contributed by atoms with Crippen LogP contribution in [-0.2, 0) is 4.74 Å². The number of fused-ring (bicyclic) bond motifs is 1. The van der Waals surface area contributed by atoms with Crippen molar-refractivity contribution in [3.05, 3.63) is 45.0 Å². The molecular weight excluding hydrogens is 548 g/mol. The molecule has 3 heterocycles. The number of nitrogens with one attached hydrogen (secondary N) is 1. The predicted octanol–water partition coefficient (Wildman–Crippen LogP) is 3.26. The van der Waals surface area contributed by atoms with Crippen LogP contribution in [0.5, 0.6) is 0 Å². The summed E-state index contributed by atoms with van der Waals surface area (Å²) >= 11 is 6.48. The summed E-state index contributed by atoms with van der Waals surface area (Å²) in [5, 5.41) is 15.4. The standard InChI is InChI=1S/C27H35ClN10O3/c1-15(2)13-19(32-22-16(14-29)21(30)34-25(31)35-22)23-33-18-8-6-7-17(28)20(18)24(39)38(23)37-11-9-36(10-12-37)26(40)41-27(3,4)5/h6-8,15,19H,9-13H2,1-5H3,(H5,30,31,32,34,35)/t19-/m0/s1. The maximum absolute atomic E-state index is 14.1. The Hall–Kier alpha value is -4.31. The van der Waals surface area contributed by atoms with Crippen LogP contribution in [0, 0.1) is 17.2 Å². The van der Waals surface area contributed by atoms with Crippen molar-refractivity contribution in [2.75, 3.05) is 48.0 Å². The largest absolute Gasteiger partial charge is 0.444 e. The van der Waals surface area contributed by atoms with E-state index in [0.29, 0.717) is 43.9 Å². The smallest absolute Gasteiger partial charge is 0.410 e. The van der Waals surface area contributed by atoms with Gasteiger partial charge in [-0.3, -0.25) is 4.79 Å². The fourth-order valence-electron chi connectivity index (χ4n) is 4.68. The number of piperazine rings is 1. The molecule has 0 saturated carbocycles. The second-order valence-corrected chi connectivity index (χ2v) is 11.7. The molecule has 0 radical (unpaired) electrons. The number of hydrogen-bond donors (Lipinski definition) is 3. The van der Waals surface area contributed by atoms with E-state index in [1.807, 2.05) is 45.7 Å². The fourth-order valence-corrected chi connectivity index (χ4v) is 4.93. The minimum Gasteiger partial charge on any atom is -0.444 e. The van der Waals surface area contributed by atoms with E-state index in [9.17, 15) is 14.9 Å². The first-order valence-corrected chi connectivity index (χ1v) is 13.7. The SMILES string of the molecule is CC(C)C[C@H](Nc1nc(N)nc(N)c1C#N)c1nc2cccc(Cl)c2c(=O)n1N1CCN(C(=O)OC(C)(C)C)CC1. The van der Waals surface area contributed by atoms with Gasteiger partial charge in [-0.1, -0.05) is 31.5 Å². The van der Waals surface area contributed by atoms with Crippen LogP contribution < -0.4 is 27.4 Å². The molecule has 0 aliphatic carbocycles. The Balaban J connectivity index is 1.81. The highest BCUT2D eigenvalue weighted by molar-refractivity contribution is 6.35. The van der Waals surface area contributed by atoms with E-state index >= 15 is 0 Å². The lowest BCUT2D eigenvalue weighted by Gasteiger charge is -2.38. The van der Waals surface area contributed by atoms with Gasteiger partial charge >= 0.3 is 6.09 Å². The van der Waals surface area contributed by atoms with E-state index in [0.717, 1.165) is 0 Å². The lowest BCUT2D eigenvalue weighted by atomic mass is 10.0. The van der Waals surface area contributed by atoms with Crippen molar-refractivity contribution in [3.63, 3.8) is 0 Å². The molecule has 3 aromatic rings. The molecule has 2 aromatic heterocycles. The lowest BCUT2D eigenvalue weighted by Crippen LogP contribution is -2.57.